The fourth-order valence-electron chi connectivity index (χ4n) is 2.32. The molecule has 0 aromatic heterocycles. The van der Waals surface area contributed by atoms with Gasteiger partial charge in [-0.3, -0.25) is 0 Å². The zero-order chi connectivity index (χ0) is 19.3. The molecule has 0 bridgehead atoms. The van der Waals surface area contributed by atoms with Crippen LogP contribution in [0, 0.1) is 5.82 Å². The Labute approximate surface area is 157 Å². The number of methoxy groups -OCH3 is 1. The summed E-state index contributed by atoms with van der Waals surface area (Å²) in [5, 5.41) is 3.13. The Morgan fingerprint density at radius 1 is 1.08 bits per heavy atom. The van der Waals surface area contributed by atoms with Crippen LogP contribution in [-0.4, -0.2) is 20.3 Å². The van der Waals surface area contributed by atoms with Crippen molar-refractivity contribution in [2.45, 2.75) is 19.1 Å². The van der Waals surface area contributed by atoms with Crippen LogP contribution in [0.25, 0.3) is 0 Å². The van der Waals surface area contributed by atoms with Crippen LogP contribution in [-0.2, 0) is 6.18 Å². The van der Waals surface area contributed by atoms with Gasteiger partial charge in [-0.1, -0.05) is 15.9 Å². The van der Waals surface area contributed by atoms with Crippen LogP contribution in [0.2, 0.25) is 0 Å². The molecule has 0 amide bonds. The molecular formula is C18H18BrF4NO2. The van der Waals surface area contributed by atoms with E-state index in [4.69, 9.17) is 9.47 Å². The van der Waals surface area contributed by atoms with Crippen molar-refractivity contribution in [2.24, 2.45) is 0 Å². The first-order chi connectivity index (χ1) is 12.2. The van der Waals surface area contributed by atoms with Gasteiger partial charge in [0.2, 0.25) is 0 Å². The van der Waals surface area contributed by atoms with E-state index in [9.17, 15) is 17.6 Å². The van der Waals surface area contributed by atoms with Crippen molar-refractivity contribution in [3.8, 4) is 11.5 Å². The van der Waals surface area contributed by atoms with Crippen molar-refractivity contribution in [3.05, 3.63) is 57.8 Å². The minimum atomic E-state index is -4.44. The molecule has 0 aliphatic heterocycles. The number of hydrogen-bond donors (Lipinski definition) is 1. The van der Waals surface area contributed by atoms with Crippen molar-refractivity contribution in [2.75, 3.05) is 20.3 Å². The van der Waals surface area contributed by atoms with Gasteiger partial charge in [0, 0.05) is 23.1 Å². The first-order valence-corrected chi connectivity index (χ1v) is 8.57. The van der Waals surface area contributed by atoms with E-state index in [1.54, 1.807) is 6.07 Å². The molecule has 0 saturated heterocycles. The highest BCUT2D eigenvalue weighted by atomic mass is 79.9. The first kappa shape index (κ1) is 20.5. The predicted octanol–water partition coefficient (Wildman–Crippen LogP) is 5.35. The Kier molecular flexibility index (Phi) is 6.88. The molecule has 2 aromatic carbocycles. The second-order valence-corrected chi connectivity index (χ2v) is 6.54. The number of halogens is 5. The Balaban J connectivity index is 1.91. The summed E-state index contributed by atoms with van der Waals surface area (Å²) in [6.45, 7) is 2.37. The van der Waals surface area contributed by atoms with Crippen molar-refractivity contribution < 1.29 is 27.0 Å². The van der Waals surface area contributed by atoms with Gasteiger partial charge in [-0.25, -0.2) is 4.39 Å². The fourth-order valence-corrected chi connectivity index (χ4v) is 2.80. The largest absolute Gasteiger partial charge is 0.497 e. The second-order valence-electron chi connectivity index (χ2n) is 5.62. The van der Waals surface area contributed by atoms with Crippen LogP contribution < -0.4 is 14.8 Å². The molecule has 26 heavy (non-hydrogen) atoms. The van der Waals surface area contributed by atoms with Gasteiger partial charge in [0.1, 0.15) is 23.9 Å². The zero-order valence-electron chi connectivity index (χ0n) is 14.2. The van der Waals surface area contributed by atoms with Gasteiger partial charge in [-0.2, -0.15) is 13.2 Å². The molecule has 0 saturated carbocycles. The fraction of sp³-hybridized carbons (Fsp3) is 0.333. The van der Waals surface area contributed by atoms with E-state index in [0.717, 1.165) is 12.1 Å². The van der Waals surface area contributed by atoms with E-state index in [-0.39, 0.29) is 22.9 Å². The number of ether oxygens (including phenoxy) is 2. The molecule has 0 aliphatic rings. The molecule has 1 unspecified atom stereocenters. The van der Waals surface area contributed by atoms with Crippen LogP contribution in [0.3, 0.4) is 0 Å². The lowest BCUT2D eigenvalue weighted by molar-refractivity contribution is -0.137. The molecule has 142 valence electrons. The van der Waals surface area contributed by atoms with E-state index < -0.39 is 17.6 Å². The van der Waals surface area contributed by atoms with Gasteiger partial charge in [0.05, 0.1) is 12.7 Å². The smallest absolute Gasteiger partial charge is 0.416 e. The molecule has 0 heterocycles. The van der Waals surface area contributed by atoms with Crippen LogP contribution in [0.4, 0.5) is 17.6 Å². The minimum Gasteiger partial charge on any atom is -0.497 e. The van der Waals surface area contributed by atoms with Crippen LogP contribution >= 0.6 is 15.9 Å². The van der Waals surface area contributed by atoms with Gasteiger partial charge in [0.15, 0.2) is 0 Å². The van der Waals surface area contributed by atoms with Gasteiger partial charge in [-0.15, -0.1) is 0 Å². The highest BCUT2D eigenvalue weighted by molar-refractivity contribution is 9.10. The molecule has 2 rings (SSSR count). The lowest BCUT2D eigenvalue weighted by Crippen LogP contribution is -2.24. The second kappa shape index (κ2) is 8.73. The lowest BCUT2D eigenvalue weighted by Gasteiger charge is -2.16. The quantitative estimate of drug-likeness (QED) is 0.469. The van der Waals surface area contributed by atoms with Crippen molar-refractivity contribution >= 4 is 15.9 Å². The normalized spacial score (nSPS) is 12.7. The summed E-state index contributed by atoms with van der Waals surface area (Å²) in [7, 11) is 1.46. The summed E-state index contributed by atoms with van der Waals surface area (Å²) in [5.74, 6) is 0.130. The first-order valence-electron chi connectivity index (χ1n) is 7.77. The lowest BCUT2D eigenvalue weighted by atomic mass is 10.1. The monoisotopic (exact) mass is 435 g/mol. The van der Waals surface area contributed by atoms with E-state index in [1.807, 2.05) is 6.92 Å². The Hall–Kier alpha value is -1.80. The highest BCUT2D eigenvalue weighted by Crippen LogP contribution is 2.34. The van der Waals surface area contributed by atoms with Crippen LogP contribution in [0.15, 0.2) is 40.9 Å². The summed E-state index contributed by atoms with van der Waals surface area (Å²) < 4.78 is 62.6. The van der Waals surface area contributed by atoms with Crippen LogP contribution in [0.5, 0.6) is 11.5 Å². The number of nitrogens with one attached hydrogen (secondary N) is 1. The third kappa shape index (κ3) is 5.88. The minimum absolute atomic E-state index is 0.119. The third-order valence-corrected chi connectivity index (χ3v) is 4.11. The molecule has 1 atom stereocenters. The van der Waals surface area contributed by atoms with E-state index >= 15 is 0 Å². The summed E-state index contributed by atoms with van der Waals surface area (Å²) in [6.07, 6.45) is -4.44. The molecule has 8 heteroatoms. The molecular weight excluding hydrogens is 418 g/mol. The maximum atomic E-state index is 13.5. The van der Waals surface area contributed by atoms with E-state index in [0.29, 0.717) is 17.9 Å². The Morgan fingerprint density at radius 3 is 2.46 bits per heavy atom. The molecule has 0 radical (unpaired) electrons. The molecule has 0 spiro atoms. The predicted molar refractivity (Wildman–Crippen MR) is 94.0 cm³/mol. The third-order valence-electron chi connectivity index (χ3n) is 3.65. The summed E-state index contributed by atoms with van der Waals surface area (Å²) in [5.41, 5.74) is -0.0845. The van der Waals surface area contributed by atoms with Gasteiger partial charge >= 0.3 is 6.18 Å². The maximum absolute atomic E-state index is 13.5. The maximum Gasteiger partial charge on any atom is 0.416 e. The standard InChI is InChI=1S/C18H18BrF4NO2/c1-11(12-5-15(20)10-16(6-12)25-2)24-3-4-26-17-8-13(18(21,22)23)7-14(19)9-17/h5-11,24H,3-4H2,1-2H3. The molecule has 0 fully saturated rings. The number of hydrogen-bond acceptors (Lipinski definition) is 3. The Morgan fingerprint density at radius 2 is 1.81 bits per heavy atom. The van der Waals surface area contributed by atoms with E-state index in [2.05, 4.69) is 21.2 Å². The van der Waals surface area contributed by atoms with E-state index in [1.165, 1.54) is 25.3 Å². The van der Waals surface area contributed by atoms with Gasteiger partial charge < -0.3 is 14.8 Å². The molecule has 1 N–H and O–H groups in total. The summed E-state index contributed by atoms with van der Waals surface area (Å²) in [4.78, 5) is 0. The number of alkyl halides is 3. The molecule has 0 aliphatic carbocycles. The summed E-state index contributed by atoms with van der Waals surface area (Å²) >= 11 is 3.05. The number of benzene rings is 2. The average molecular weight is 436 g/mol. The Bertz CT molecular complexity index is 752. The average Bonchev–Trinajstić information content (AvgIpc) is 2.56. The van der Waals surface area contributed by atoms with Crippen molar-refractivity contribution in [3.63, 3.8) is 0 Å². The SMILES string of the molecule is COc1cc(F)cc(C(C)NCCOc2cc(Br)cc(C(F)(F)F)c2)c1. The van der Waals surface area contributed by atoms with Gasteiger partial charge in [0.25, 0.3) is 0 Å². The molecule has 2 aromatic rings. The zero-order valence-corrected chi connectivity index (χ0v) is 15.7. The van der Waals surface area contributed by atoms with Crippen LogP contribution in [0.1, 0.15) is 24.1 Å². The van der Waals surface area contributed by atoms with Crippen molar-refractivity contribution in [1.82, 2.24) is 5.32 Å². The summed E-state index contributed by atoms with van der Waals surface area (Å²) in [6, 6.07) is 7.62. The topological polar surface area (TPSA) is 30.5 Å². The highest BCUT2D eigenvalue weighted by Gasteiger charge is 2.31. The molecule has 3 nitrogen and oxygen atoms in total. The number of rotatable bonds is 7. The van der Waals surface area contributed by atoms with Crippen molar-refractivity contribution in [1.29, 1.82) is 0 Å². The van der Waals surface area contributed by atoms with Gasteiger partial charge in [-0.05, 0) is 42.8 Å².